The normalized spacial score (nSPS) is 17.9. The van der Waals surface area contributed by atoms with E-state index in [-0.39, 0.29) is 17.7 Å². The molecular formula is C18H16N2O3. The number of hydrogen-bond acceptors (Lipinski definition) is 4. The smallest absolute Gasteiger partial charge is 0.261 e. The molecule has 2 heterocycles. The van der Waals surface area contributed by atoms with Gasteiger partial charge in [-0.2, -0.15) is 0 Å². The first-order valence-electron chi connectivity index (χ1n) is 7.58. The van der Waals surface area contributed by atoms with Crippen LogP contribution in [0.15, 0.2) is 59.7 Å². The molecule has 0 saturated heterocycles. The molecule has 1 aromatic heterocycles. The van der Waals surface area contributed by atoms with Gasteiger partial charge in [-0.3, -0.25) is 9.36 Å². The van der Waals surface area contributed by atoms with Crippen LogP contribution < -0.4 is 15.0 Å². The zero-order chi connectivity index (χ0) is 15.8. The summed E-state index contributed by atoms with van der Waals surface area (Å²) in [5.74, 6) is 1.44. The van der Waals surface area contributed by atoms with Gasteiger partial charge in [0.25, 0.3) is 5.56 Å². The van der Waals surface area contributed by atoms with Gasteiger partial charge in [-0.05, 0) is 31.2 Å². The highest BCUT2D eigenvalue weighted by atomic mass is 16.6. The Morgan fingerprint density at radius 1 is 1.13 bits per heavy atom. The Morgan fingerprint density at radius 2 is 1.87 bits per heavy atom. The highest BCUT2D eigenvalue weighted by Crippen LogP contribution is 2.33. The maximum Gasteiger partial charge on any atom is 0.261 e. The maximum absolute atomic E-state index is 12.7. The summed E-state index contributed by atoms with van der Waals surface area (Å²) in [5.41, 5.74) is 0.637. The van der Waals surface area contributed by atoms with Gasteiger partial charge in [-0.1, -0.05) is 24.3 Å². The second kappa shape index (κ2) is 5.43. The van der Waals surface area contributed by atoms with Crippen molar-refractivity contribution in [1.82, 2.24) is 9.55 Å². The topological polar surface area (TPSA) is 53.4 Å². The van der Waals surface area contributed by atoms with Crippen LogP contribution in [0.4, 0.5) is 0 Å². The van der Waals surface area contributed by atoms with Gasteiger partial charge in [0.15, 0.2) is 17.6 Å². The van der Waals surface area contributed by atoms with Crippen molar-refractivity contribution >= 4 is 10.9 Å². The first-order chi connectivity index (χ1) is 11.2. The molecule has 0 aliphatic carbocycles. The lowest BCUT2D eigenvalue weighted by atomic mass is 10.1. The quantitative estimate of drug-likeness (QED) is 0.730. The summed E-state index contributed by atoms with van der Waals surface area (Å²) < 4.78 is 13.4. The Hall–Kier alpha value is -2.82. The van der Waals surface area contributed by atoms with Crippen LogP contribution in [0.1, 0.15) is 13.0 Å². The first kappa shape index (κ1) is 13.8. The molecule has 2 aromatic carbocycles. The fourth-order valence-corrected chi connectivity index (χ4v) is 2.83. The molecule has 2 atom stereocenters. The molecule has 0 spiro atoms. The largest absolute Gasteiger partial charge is 0.486 e. The van der Waals surface area contributed by atoms with E-state index in [1.54, 1.807) is 17.0 Å². The predicted octanol–water partition coefficient (Wildman–Crippen LogP) is 2.80. The van der Waals surface area contributed by atoms with E-state index in [0.29, 0.717) is 23.3 Å². The summed E-state index contributed by atoms with van der Waals surface area (Å²) in [6.45, 7) is 2.34. The standard InChI is InChI=1S/C18H16N2O3/c1-12(17-10-22-15-8-4-5-9-16(15)23-17)20-11-19-14-7-3-2-6-13(14)18(20)21/h2-9,11-12,17H,10H2,1H3. The minimum Gasteiger partial charge on any atom is -0.486 e. The summed E-state index contributed by atoms with van der Waals surface area (Å²) in [4.78, 5) is 17.1. The molecule has 0 N–H and O–H groups in total. The Balaban J connectivity index is 1.69. The van der Waals surface area contributed by atoms with Gasteiger partial charge >= 0.3 is 0 Å². The Morgan fingerprint density at radius 3 is 2.74 bits per heavy atom. The van der Waals surface area contributed by atoms with Gasteiger partial charge < -0.3 is 9.47 Å². The number of fused-ring (bicyclic) bond motifs is 2. The summed E-state index contributed by atoms with van der Waals surface area (Å²) in [7, 11) is 0. The zero-order valence-corrected chi connectivity index (χ0v) is 12.7. The number of benzene rings is 2. The Labute approximate surface area is 133 Å². The number of nitrogens with zero attached hydrogens (tertiary/aromatic N) is 2. The molecule has 0 saturated carbocycles. The van der Waals surface area contributed by atoms with Gasteiger partial charge in [0.05, 0.1) is 23.3 Å². The highest BCUT2D eigenvalue weighted by Gasteiger charge is 2.28. The van der Waals surface area contributed by atoms with E-state index in [1.807, 2.05) is 49.4 Å². The fourth-order valence-electron chi connectivity index (χ4n) is 2.83. The van der Waals surface area contributed by atoms with Crippen molar-refractivity contribution < 1.29 is 9.47 Å². The van der Waals surface area contributed by atoms with Crippen molar-refractivity contribution in [2.75, 3.05) is 6.61 Å². The summed E-state index contributed by atoms with van der Waals surface area (Å²) >= 11 is 0. The number of ether oxygens (including phenoxy) is 2. The second-order valence-electron chi connectivity index (χ2n) is 5.63. The van der Waals surface area contributed by atoms with E-state index in [2.05, 4.69) is 4.98 Å². The van der Waals surface area contributed by atoms with Gasteiger partial charge in [-0.25, -0.2) is 4.98 Å². The molecule has 1 aliphatic rings. The monoisotopic (exact) mass is 308 g/mol. The number of para-hydroxylation sites is 3. The molecule has 0 amide bonds. The molecule has 4 rings (SSSR count). The third-order valence-electron chi connectivity index (χ3n) is 4.20. The van der Waals surface area contributed by atoms with Crippen molar-refractivity contribution in [3.05, 3.63) is 65.2 Å². The van der Waals surface area contributed by atoms with Crippen molar-refractivity contribution in [3.63, 3.8) is 0 Å². The second-order valence-corrected chi connectivity index (χ2v) is 5.63. The maximum atomic E-state index is 12.7. The lowest BCUT2D eigenvalue weighted by molar-refractivity contribution is 0.0559. The molecule has 5 heteroatoms. The molecule has 116 valence electrons. The van der Waals surface area contributed by atoms with E-state index in [4.69, 9.17) is 9.47 Å². The number of rotatable bonds is 2. The average molecular weight is 308 g/mol. The van der Waals surface area contributed by atoms with Crippen molar-refractivity contribution in [2.24, 2.45) is 0 Å². The molecule has 1 aliphatic heterocycles. The number of hydrogen-bond donors (Lipinski definition) is 0. The van der Waals surface area contributed by atoms with Gasteiger partial charge in [0, 0.05) is 0 Å². The van der Waals surface area contributed by atoms with E-state index in [1.165, 1.54) is 0 Å². The van der Waals surface area contributed by atoms with Gasteiger partial charge in [0.2, 0.25) is 0 Å². The lowest BCUT2D eigenvalue weighted by Crippen LogP contribution is -2.39. The van der Waals surface area contributed by atoms with Crippen LogP contribution in [0, 0.1) is 0 Å². The van der Waals surface area contributed by atoms with Gasteiger partial charge in [0.1, 0.15) is 6.61 Å². The molecule has 0 radical (unpaired) electrons. The van der Waals surface area contributed by atoms with Crippen LogP contribution in [-0.4, -0.2) is 22.3 Å². The fraction of sp³-hybridized carbons (Fsp3) is 0.222. The van der Waals surface area contributed by atoms with E-state index >= 15 is 0 Å². The molecular weight excluding hydrogens is 292 g/mol. The van der Waals surface area contributed by atoms with E-state index in [9.17, 15) is 4.79 Å². The van der Waals surface area contributed by atoms with Crippen LogP contribution in [0.5, 0.6) is 11.5 Å². The molecule has 0 bridgehead atoms. The lowest BCUT2D eigenvalue weighted by Gasteiger charge is -2.31. The minimum atomic E-state index is -0.245. The first-order valence-corrected chi connectivity index (χ1v) is 7.58. The minimum absolute atomic E-state index is 0.0643. The number of aromatic nitrogens is 2. The van der Waals surface area contributed by atoms with Crippen molar-refractivity contribution in [3.8, 4) is 11.5 Å². The summed E-state index contributed by atoms with van der Waals surface area (Å²) in [5, 5.41) is 0.610. The van der Waals surface area contributed by atoms with Gasteiger partial charge in [-0.15, -0.1) is 0 Å². The van der Waals surface area contributed by atoms with Crippen LogP contribution in [0.2, 0.25) is 0 Å². The van der Waals surface area contributed by atoms with Crippen LogP contribution >= 0.6 is 0 Å². The molecule has 0 fully saturated rings. The van der Waals surface area contributed by atoms with Crippen LogP contribution in [0.25, 0.3) is 10.9 Å². The Bertz CT molecular complexity index is 919. The molecule has 5 nitrogen and oxygen atoms in total. The van der Waals surface area contributed by atoms with E-state index < -0.39 is 0 Å². The molecule has 23 heavy (non-hydrogen) atoms. The Kier molecular flexibility index (Phi) is 3.26. The van der Waals surface area contributed by atoms with Crippen molar-refractivity contribution in [1.29, 1.82) is 0 Å². The summed E-state index contributed by atoms with van der Waals surface area (Å²) in [6, 6.07) is 14.7. The van der Waals surface area contributed by atoms with E-state index in [0.717, 1.165) is 5.75 Å². The third-order valence-corrected chi connectivity index (χ3v) is 4.20. The van der Waals surface area contributed by atoms with Crippen LogP contribution in [0.3, 0.4) is 0 Å². The van der Waals surface area contributed by atoms with Crippen molar-refractivity contribution in [2.45, 2.75) is 19.1 Å². The predicted molar refractivity (Wildman–Crippen MR) is 87.1 cm³/mol. The van der Waals surface area contributed by atoms with Crippen LogP contribution in [-0.2, 0) is 0 Å². The average Bonchev–Trinajstić information content (AvgIpc) is 2.61. The molecule has 2 unspecified atom stereocenters. The SMILES string of the molecule is CC(C1COc2ccccc2O1)n1cnc2ccccc2c1=O. The highest BCUT2D eigenvalue weighted by molar-refractivity contribution is 5.76. The summed E-state index contributed by atoms with van der Waals surface area (Å²) in [6.07, 6.45) is 1.34. The third kappa shape index (κ3) is 2.34. The molecule has 3 aromatic rings. The zero-order valence-electron chi connectivity index (χ0n) is 12.7.